The first-order chi connectivity index (χ1) is 7.06. The fourth-order valence-corrected chi connectivity index (χ4v) is 2.32. The van der Waals surface area contributed by atoms with Crippen LogP contribution in [-0.4, -0.2) is 12.6 Å². The van der Waals surface area contributed by atoms with Crippen molar-refractivity contribution in [1.82, 2.24) is 0 Å². The predicted octanol–water partition coefficient (Wildman–Crippen LogP) is 3.37. The Balaban J connectivity index is 2.47. The third-order valence-electron chi connectivity index (χ3n) is 2.45. The van der Waals surface area contributed by atoms with Gasteiger partial charge in [0, 0.05) is 11.3 Å². The molecule has 0 spiro atoms. The molecule has 0 aromatic carbocycles. The molecule has 0 aliphatic carbocycles. The lowest BCUT2D eigenvalue weighted by atomic mass is 9.86. The summed E-state index contributed by atoms with van der Waals surface area (Å²) in [6.45, 7) is 6.64. The van der Waals surface area contributed by atoms with Crippen LogP contribution in [0.25, 0.3) is 0 Å². The first-order valence-corrected chi connectivity index (χ1v) is 6.14. The van der Waals surface area contributed by atoms with Gasteiger partial charge in [-0.2, -0.15) is 0 Å². The van der Waals surface area contributed by atoms with E-state index in [1.807, 2.05) is 13.0 Å². The van der Waals surface area contributed by atoms with Gasteiger partial charge in [-0.15, -0.1) is 11.3 Å². The van der Waals surface area contributed by atoms with E-state index in [4.69, 9.17) is 4.74 Å². The van der Waals surface area contributed by atoms with Gasteiger partial charge in [-0.1, -0.05) is 19.9 Å². The van der Waals surface area contributed by atoms with Crippen LogP contribution in [0.2, 0.25) is 0 Å². The topological polar surface area (TPSA) is 26.3 Å². The van der Waals surface area contributed by atoms with E-state index in [0.29, 0.717) is 13.0 Å². The molecule has 0 aliphatic rings. The molecule has 1 heterocycles. The minimum absolute atomic E-state index is 0.0704. The summed E-state index contributed by atoms with van der Waals surface area (Å²) in [6, 6.07) is 4.17. The van der Waals surface area contributed by atoms with Crippen molar-refractivity contribution in [2.45, 2.75) is 39.0 Å². The Morgan fingerprint density at radius 1 is 1.53 bits per heavy atom. The molecule has 15 heavy (non-hydrogen) atoms. The Bertz CT molecular complexity index is 301. The van der Waals surface area contributed by atoms with Gasteiger partial charge < -0.3 is 4.74 Å². The molecule has 84 valence electrons. The van der Waals surface area contributed by atoms with Crippen molar-refractivity contribution >= 4 is 17.3 Å². The third kappa shape index (κ3) is 3.67. The summed E-state index contributed by atoms with van der Waals surface area (Å²) in [7, 11) is 0. The molecule has 1 aromatic heterocycles. The maximum absolute atomic E-state index is 11.2. The van der Waals surface area contributed by atoms with Crippen LogP contribution in [0.5, 0.6) is 0 Å². The largest absolute Gasteiger partial charge is 0.466 e. The van der Waals surface area contributed by atoms with Crippen LogP contribution in [0.4, 0.5) is 0 Å². The molecule has 0 bridgehead atoms. The van der Waals surface area contributed by atoms with Crippen LogP contribution in [0.1, 0.15) is 38.5 Å². The van der Waals surface area contributed by atoms with Crippen molar-refractivity contribution in [3.8, 4) is 0 Å². The number of esters is 1. The fourth-order valence-electron chi connectivity index (χ4n) is 1.43. The second-order valence-corrected chi connectivity index (χ2v) is 5.11. The number of ether oxygens (including phenoxy) is 1. The summed E-state index contributed by atoms with van der Waals surface area (Å²) < 4.78 is 4.92. The van der Waals surface area contributed by atoms with Gasteiger partial charge in [-0.3, -0.25) is 4.79 Å². The Hall–Kier alpha value is -0.830. The van der Waals surface area contributed by atoms with Gasteiger partial charge in [0.15, 0.2) is 0 Å². The highest BCUT2D eigenvalue weighted by Gasteiger charge is 2.22. The molecular formula is C12H18O2S. The normalized spacial score (nSPS) is 11.4. The first kappa shape index (κ1) is 12.2. The van der Waals surface area contributed by atoms with Crippen LogP contribution in [0.3, 0.4) is 0 Å². The summed E-state index contributed by atoms with van der Waals surface area (Å²) >= 11 is 1.74. The van der Waals surface area contributed by atoms with Crippen LogP contribution < -0.4 is 0 Å². The highest BCUT2D eigenvalue weighted by Crippen LogP contribution is 2.31. The van der Waals surface area contributed by atoms with Crippen molar-refractivity contribution in [1.29, 1.82) is 0 Å². The quantitative estimate of drug-likeness (QED) is 0.719. The molecule has 3 heteroatoms. The van der Waals surface area contributed by atoms with Crippen molar-refractivity contribution in [3.63, 3.8) is 0 Å². The summed E-state index contributed by atoms with van der Waals surface area (Å²) in [6.07, 6.45) is 1.34. The number of hydrogen-bond donors (Lipinski definition) is 0. The Morgan fingerprint density at radius 2 is 2.27 bits per heavy atom. The summed E-state index contributed by atoms with van der Waals surface area (Å²) in [5.41, 5.74) is 0.0704. The number of carbonyl (C=O) groups excluding carboxylic acids is 1. The average Bonchev–Trinajstić information content (AvgIpc) is 2.69. The smallest absolute Gasteiger partial charge is 0.305 e. The van der Waals surface area contributed by atoms with Gasteiger partial charge in [0.1, 0.15) is 0 Å². The number of rotatable bonds is 5. The van der Waals surface area contributed by atoms with Crippen molar-refractivity contribution in [3.05, 3.63) is 22.4 Å². The lowest BCUT2D eigenvalue weighted by Crippen LogP contribution is -2.18. The molecule has 0 saturated carbocycles. The second kappa shape index (κ2) is 5.31. The zero-order valence-electron chi connectivity index (χ0n) is 9.58. The van der Waals surface area contributed by atoms with Crippen LogP contribution in [0, 0.1) is 0 Å². The van der Waals surface area contributed by atoms with E-state index in [2.05, 4.69) is 25.3 Å². The maximum atomic E-state index is 11.2. The third-order valence-corrected chi connectivity index (χ3v) is 3.68. The minimum Gasteiger partial charge on any atom is -0.466 e. The number of carbonyl (C=O) groups is 1. The molecule has 1 aromatic rings. The van der Waals surface area contributed by atoms with E-state index in [-0.39, 0.29) is 11.4 Å². The zero-order chi connectivity index (χ0) is 11.3. The maximum Gasteiger partial charge on any atom is 0.305 e. The van der Waals surface area contributed by atoms with Gasteiger partial charge >= 0.3 is 5.97 Å². The van der Waals surface area contributed by atoms with E-state index in [9.17, 15) is 4.79 Å². The van der Waals surface area contributed by atoms with Crippen LogP contribution >= 0.6 is 11.3 Å². The molecule has 0 N–H and O–H groups in total. The Morgan fingerprint density at radius 3 is 2.80 bits per heavy atom. The van der Waals surface area contributed by atoms with Gasteiger partial charge in [-0.25, -0.2) is 0 Å². The van der Waals surface area contributed by atoms with Crippen molar-refractivity contribution in [2.75, 3.05) is 6.61 Å². The number of hydrogen-bond acceptors (Lipinski definition) is 3. The molecule has 2 nitrogen and oxygen atoms in total. The lowest BCUT2D eigenvalue weighted by Gasteiger charge is -2.22. The second-order valence-electron chi connectivity index (χ2n) is 4.17. The molecule has 0 atom stereocenters. The van der Waals surface area contributed by atoms with E-state index in [1.165, 1.54) is 4.88 Å². The van der Waals surface area contributed by atoms with Crippen molar-refractivity contribution < 1.29 is 9.53 Å². The Kier molecular flexibility index (Phi) is 4.33. The summed E-state index contributed by atoms with van der Waals surface area (Å²) in [4.78, 5) is 12.6. The molecule has 0 amide bonds. The van der Waals surface area contributed by atoms with Crippen LogP contribution in [-0.2, 0) is 14.9 Å². The van der Waals surface area contributed by atoms with E-state index in [0.717, 1.165) is 6.42 Å². The fraction of sp³-hybridized carbons (Fsp3) is 0.583. The van der Waals surface area contributed by atoms with Gasteiger partial charge in [-0.05, 0) is 30.2 Å². The molecule has 1 rings (SSSR count). The lowest BCUT2D eigenvalue weighted by molar-refractivity contribution is -0.143. The molecule has 0 radical (unpaired) electrons. The molecular weight excluding hydrogens is 208 g/mol. The van der Waals surface area contributed by atoms with Crippen LogP contribution in [0.15, 0.2) is 17.5 Å². The molecule has 0 aliphatic heterocycles. The SMILES string of the molecule is CCOC(=O)CCC(C)(C)c1cccs1. The summed E-state index contributed by atoms with van der Waals surface area (Å²) in [5, 5.41) is 2.07. The van der Waals surface area contributed by atoms with Gasteiger partial charge in [0.25, 0.3) is 0 Å². The van der Waals surface area contributed by atoms with E-state index < -0.39 is 0 Å². The predicted molar refractivity (Wildman–Crippen MR) is 63.2 cm³/mol. The molecule has 0 unspecified atom stereocenters. The van der Waals surface area contributed by atoms with Crippen molar-refractivity contribution in [2.24, 2.45) is 0 Å². The zero-order valence-corrected chi connectivity index (χ0v) is 10.4. The number of thiophene rings is 1. The minimum atomic E-state index is -0.0952. The molecule has 0 saturated heterocycles. The first-order valence-electron chi connectivity index (χ1n) is 5.26. The van der Waals surface area contributed by atoms with Gasteiger partial charge in [0.2, 0.25) is 0 Å². The monoisotopic (exact) mass is 226 g/mol. The van der Waals surface area contributed by atoms with E-state index in [1.54, 1.807) is 11.3 Å². The Labute approximate surface area is 95.3 Å². The highest BCUT2D eigenvalue weighted by molar-refractivity contribution is 7.10. The standard InChI is InChI=1S/C12H18O2S/c1-4-14-11(13)7-8-12(2,3)10-6-5-9-15-10/h5-6,9H,4,7-8H2,1-3H3. The average molecular weight is 226 g/mol. The van der Waals surface area contributed by atoms with E-state index >= 15 is 0 Å². The molecule has 0 fully saturated rings. The summed E-state index contributed by atoms with van der Waals surface area (Å²) in [5.74, 6) is -0.0952. The highest BCUT2D eigenvalue weighted by atomic mass is 32.1. The van der Waals surface area contributed by atoms with Gasteiger partial charge in [0.05, 0.1) is 6.61 Å².